The van der Waals surface area contributed by atoms with Crippen molar-refractivity contribution in [2.75, 3.05) is 39.5 Å². The van der Waals surface area contributed by atoms with Gasteiger partial charge in [0.25, 0.3) is 0 Å². The molecule has 0 radical (unpaired) electrons. The molecule has 0 N–H and O–H groups in total. The predicted octanol–water partition coefficient (Wildman–Crippen LogP) is 0.0391. The van der Waals surface area contributed by atoms with Gasteiger partial charge in [-0.2, -0.15) is 0 Å². The molecule has 2 aliphatic rings. The Morgan fingerprint density at radius 2 is 1.58 bits per heavy atom. The molecule has 0 saturated carbocycles. The second-order valence-corrected chi connectivity index (χ2v) is 3.05. The minimum absolute atomic E-state index is 0.109. The summed E-state index contributed by atoms with van der Waals surface area (Å²) < 4.78 is 16.2. The van der Waals surface area contributed by atoms with Crippen LogP contribution in [0.15, 0.2) is 0 Å². The van der Waals surface area contributed by atoms with Crippen LogP contribution in [0.5, 0.6) is 0 Å². The lowest BCUT2D eigenvalue weighted by Crippen LogP contribution is -2.47. The summed E-state index contributed by atoms with van der Waals surface area (Å²) in [5, 5.41) is 0. The highest BCUT2D eigenvalue weighted by molar-refractivity contribution is 4.62. The first-order valence-corrected chi connectivity index (χ1v) is 4.52. The van der Waals surface area contributed by atoms with Crippen LogP contribution in [0.1, 0.15) is 6.42 Å². The van der Waals surface area contributed by atoms with E-state index in [9.17, 15) is 0 Å². The van der Waals surface area contributed by atoms with Crippen molar-refractivity contribution in [2.24, 2.45) is 0 Å². The molecule has 4 nitrogen and oxygen atoms in total. The van der Waals surface area contributed by atoms with E-state index in [-0.39, 0.29) is 6.41 Å². The van der Waals surface area contributed by atoms with Crippen LogP contribution in [0, 0.1) is 0 Å². The molecule has 0 amide bonds. The van der Waals surface area contributed by atoms with E-state index in [2.05, 4.69) is 4.90 Å². The molecule has 70 valence electrons. The van der Waals surface area contributed by atoms with E-state index < -0.39 is 0 Å². The van der Waals surface area contributed by atoms with Gasteiger partial charge in [-0.25, -0.2) is 0 Å². The van der Waals surface area contributed by atoms with E-state index in [0.717, 1.165) is 45.9 Å². The van der Waals surface area contributed by atoms with Crippen molar-refractivity contribution in [1.29, 1.82) is 0 Å². The SMILES string of the molecule is C1COC(N2CCOCC2)OC1. The van der Waals surface area contributed by atoms with Crippen molar-refractivity contribution in [3.8, 4) is 0 Å². The standard InChI is InChI=1S/C8H15NO3/c1-4-11-8(12-5-1)9-2-6-10-7-3-9/h8H,1-7H2. The highest BCUT2D eigenvalue weighted by atomic mass is 16.7. The first-order chi connectivity index (χ1) is 5.97. The predicted molar refractivity (Wildman–Crippen MR) is 42.7 cm³/mol. The molecule has 0 aromatic carbocycles. The summed E-state index contributed by atoms with van der Waals surface area (Å²) in [7, 11) is 0. The van der Waals surface area contributed by atoms with Gasteiger partial charge >= 0.3 is 0 Å². The van der Waals surface area contributed by atoms with Gasteiger partial charge < -0.3 is 14.2 Å². The smallest absolute Gasteiger partial charge is 0.218 e. The van der Waals surface area contributed by atoms with Gasteiger partial charge in [-0.3, -0.25) is 4.90 Å². The van der Waals surface area contributed by atoms with Crippen LogP contribution >= 0.6 is 0 Å². The molecule has 0 aliphatic carbocycles. The van der Waals surface area contributed by atoms with E-state index in [4.69, 9.17) is 14.2 Å². The van der Waals surface area contributed by atoms with Crippen LogP contribution in [-0.4, -0.2) is 50.8 Å². The number of nitrogens with zero attached hydrogens (tertiary/aromatic N) is 1. The van der Waals surface area contributed by atoms with Crippen LogP contribution in [0.4, 0.5) is 0 Å². The van der Waals surface area contributed by atoms with Crippen molar-refractivity contribution < 1.29 is 14.2 Å². The average molecular weight is 173 g/mol. The number of hydrogen-bond acceptors (Lipinski definition) is 4. The van der Waals surface area contributed by atoms with E-state index in [1.807, 2.05) is 0 Å². The normalized spacial score (nSPS) is 29.0. The Kier molecular flexibility index (Phi) is 2.94. The highest BCUT2D eigenvalue weighted by Gasteiger charge is 2.23. The minimum atomic E-state index is -0.109. The summed E-state index contributed by atoms with van der Waals surface area (Å²) in [4.78, 5) is 2.18. The van der Waals surface area contributed by atoms with E-state index >= 15 is 0 Å². The van der Waals surface area contributed by atoms with Gasteiger partial charge in [0.05, 0.1) is 26.4 Å². The zero-order valence-electron chi connectivity index (χ0n) is 7.20. The third kappa shape index (κ3) is 1.95. The molecule has 2 aliphatic heterocycles. The highest BCUT2D eigenvalue weighted by Crippen LogP contribution is 2.11. The van der Waals surface area contributed by atoms with Crippen LogP contribution in [0.25, 0.3) is 0 Å². The van der Waals surface area contributed by atoms with Crippen molar-refractivity contribution >= 4 is 0 Å². The molecule has 2 heterocycles. The Balaban J connectivity index is 1.80. The quantitative estimate of drug-likeness (QED) is 0.560. The summed E-state index contributed by atoms with van der Waals surface area (Å²) in [5.74, 6) is 0. The summed E-state index contributed by atoms with van der Waals surface area (Å²) >= 11 is 0. The molecule has 0 unspecified atom stereocenters. The summed E-state index contributed by atoms with van der Waals surface area (Å²) in [6, 6.07) is 0. The first-order valence-electron chi connectivity index (χ1n) is 4.52. The Bertz CT molecular complexity index is 114. The van der Waals surface area contributed by atoms with E-state index in [0.29, 0.717) is 0 Å². The van der Waals surface area contributed by atoms with Gasteiger partial charge in [-0.1, -0.05) is 0 Å². The van der Waals surface area contributed by atoms with Crippen LogP contribution in [0.3, 0.4) is 0 Å². The van der Waals surface area contributed by atoms with Crippen LogP contribution < -0.4 is 0 Å². The lowest BCUT2D eigenvalue weighted by molar-refractivity contribution is -0.261. The zero-order chi connectivity index (χ0) is 8.23. The maximum Gasteiger partial charge on any atom is 0.218 e. The van der Waals surface area contributed by atoms with Crippen LogP contribution in [-0.2, 0) is 14.2 Å². The molecule has 12 heavy (non-hydrogen) atoms. The van der Waals surface area contributed by atoms with Gasteiger partial charge in [0.15, 0.2) is 0 Å². The lowest BCUT2D eigenvalue weighted by atomic mass is 10.4. The minimum Gasteiger partial charge on any atom is -0.379 e. The van der Waals surface area contributed by atoms with Crippen molar-refractivity contribution in [2.45, 2.75) is 12.8 Å². The average Bonchev–Trinajstić information content (AvgIpc) is 2.21. The second kappa shape index (κ2) is 4.18. The Morgan fingerprint density at radius 1 is 0.917 bits per heavy atom. The van der Waals surface area contributed by atoms with Crippen molar-refractivity contribution in [3.63, 3.8) is 0 Å². The summed E-state index contributed by atoms with van der Waals surface area (Å²) in [6.45, 7) is 5.08. The van der Waals surface area contributed by atoms with E-state index in [1.165, 1.54) is 0 Å². The molecule has 0 spiro atoms. The molecular formula is C8H15NO3. The van der Waals surface area contributed by atoms with Gasteiger partial charge in [0.2, 0.25) is 6.41 Å². The molecule has 0 atom stereocenters. The third-order valence-electron chi connectivity index (χ3n) is 2.15. The molecule has 0 aromatic heterocycles. The molecule has 0 aromatic rings. The molecular weight excluding hydrogens is 158 g/mol. The van der Waals surface area contributed by atoms with Gasteiger partial charge in [0, 0.05) is 13.1 Å². The fraction of sp³-hybridized carbons (Fsp3) is 1.00. The summed E-state index contributed by atoms with van der Waals surface area (Å²) in [5.41, 5.74) is 0. The maximum absolute atomic E-state index is 5.47. The monoisotopic (exact) mass is 173 g/mol. The van der Waals surface area contributed by atoms with Gasteiger partial charge in [0.1, 0.15) is 0 Å². The van der Waals surface area contributed by atoms with Crippen molar-refractivity contribution in [1.82, 2.24) is 4.90 Å². The Labute approximate surface area is 72.4 Å². The molecule has 0 bridgehead atoms. The van der Waals surface area contributed by atoms with Gasteiger partial charge in [-0.15, -0.1) is 0 Å². The molecule has 2 saturated heterocycles. The maximum atomic E-state index is 5.47. The number of morpholine rings is 1. The third-order valence-corrected chi connectivity index (χ3v) is 2.15. The fourth-order valence-electron chi connectivity index (χ4n) is 1.47. The largest absolute Gasteiger partial charge is 0.379 e. The first kappa shape index (κ1) is 8.44. The Morgan fingerprint density at radius 3 is 2.25 bits per heavy atom. The second-order valence-electron chi connectivity index (χ2n) is 3.05. The fourth-order valence-corrected chi connectivity index (χ4v) is 1.47. The molecule has 4 heteroatoms. The van der Waals surface area contributed by atoms with Crippen LogP contribution in [0.2, 0.25) is 0 Å². The summed E-state index contributed by atoms with van der Waals surface area (Å²) in [6.07, 6.45) is 0.906. The van der Waals surface area contributed by atoms with Crippen molar-refractivity contribution in [3.05, 3.63) is 0 Å². The zero-order valence-corrected chi connectivity index (χ0v) is 7.20. The van der Waals surface area contributed by atoms with E-state index in [1.54, 1.807) is 0 Å². The molecule has 2 rings (SSSR count). The number of rotatable bonds is 1. The lowest BCUT2D eigenvalue weighted by Gasteiger charge is -2.35. The number of ether oxygens (including phenoxy) is 3. The Hall–Kier alpha value is -0.160. The topological polar surface area (TPSA) is 30.9 Å². The molecule has 2 fully saturated rings. The van der Waals surface area contributed by atoms with Gasteiger partial charge in [-0.05, 0) is 6.42 Å². The number of hydrogen-bond donors (Lipinski definition) is 0.